The first-order valence-electron chi connectivity index (χ1n) is 6.63. The van der Waals surface area contributed by atoms with E-state index >= 15 is 0 Å². The van der Waals surface area contributed by atoms with E-state index in [1.165, 1.54) is 0 Å². The van der Waals surface area contributed by atoms with Crippen molar-refractivity contribution in [2.75, 3.05) is 32.0 Å². The number of rotatable bonds is 4. The first-order chi connectivity index (χ1) is 9.31. The fourth-order valence-electron chi connectivity index (χ4n) is 2.27. The summed E-state index contributed by atoms with van der Waals surface area (Å²) in [5.41, 5.74) is 1.80. The Morgan fingerprint density at radius 2 is 2.32 bits per heavy atom. The highest BCUT2D eigenvalue weighted by Crippen LogP contribution is 2.23. The second-order valence-corrected chi connectivity index (χ2v) is 5.82. The normalized spacial score (nSPS) is 21.0. The van der Waals surface area contributed by atoms with Gasteiger partial charge in [-0.3, -0.25) is 4.90 Å². The molecule has 3 rings (SSSR count). The summed E-state index contributed by atoms with van der Waals surface area (Å²) in [4.78, 5) is 6.90. The Balaban J connectivity index is 1.51. The van der Waals surface area contributed by atoms with Gasteiger partial charge in [-0.2, -0.15) is 0 Å². The van der Waals surface area contributed by atoms with Crippen LogP contribution in [0.2, 0.25) is 0 Å². The van der Waals surface area contributed by atoms with Crippen LogP contribution in [0.3, 0.4) is 0 Å². The van der Waals surface area contributed by atoms with Crippen LogP contribution < -0.4 is 0 Å². The highest BCUT2D eigenvalue weighted by Gasteiger charge is 2.16. The number of benzene rings is 1. The quantitative estimate of drug-likeness (QED) is 0.804. The first kappa shape index (κ1) is 13.0. The van der Waals surface area contributed by atoms with Crippen LogP contribution in [0.5, 0.6) is 0 Å². The number of hydrogen-bond donors (Lipinski definition) is 0. The van der Waals surface area contributed by atoms with Crippen molar-refractivity contribution in [3.63, 3.8) is 0 Å². The number of fused-ring (bicyclic) bond motifs is 1. The third-order valence-corrected chi connectivity index (χ3v) is 4.04. The lowest BCUT2D eigenvalue weighted by Gasteiger charge is -2.30. The van der Waals surface area contributed by atoms with Crippen molar-refractivity contribution >= 4 is 22.9 Å². The van der Waals surface area contributed by atoms with Crippen LogP contribution in [-0.2, 0) is 4.74 Å². The van der Waals surface area contributed by atoms with Gasteiger partial charge in [0.2, 0.25) is 0 Å². The average Bonchev–Trinajstić information content (AvgIpc) is 2.81. The minimum absolute atomic E-state index is 0.350. The summed E-state index contributed by atoms with van der Waals surface area (Å²) >= 11 is 1.68. The van der Waals surface area contributed by atoms with Crippen molar-refractivity contribution in [1.29, 1.82) is 0 Å². The van der Waals surface area contributed by atoms with Crippen molar-refractivity contribution in [3.05, 3.63) is 24.3 Å². The highest BCUT2D eigenvalue weighted by molar-refractivity contribution is 7.99. The topological polar surface area (TPSA) is 38.5 Å². The van der Waals surface area contributed by atoms with E-state index in [0.29, 0.717) is 6.10 Å². The number of thioether (sulfide) groups is 1. The number of ether oxygens (including phenoxy) is 1. The molecule has 102 valence electrons. The summed E-state index contributed by atoms with van der Waals surface area (Å²) in [5, 5.41) is 0.766. The molecule has 0 bridgehead atoms. The van der Waals surface area contributed by atoms with E-state index in [1.54, 1.807) is 11.8 Å². The first-order valence-corrected chi connectivity index (χ1v) is 7.62. The third-order valence-electron chi connectivity index (χ3n) is 3.23. The van der Waals surface area contributed by atoms with E-state index < -0.39 is 0 Å². The molecular formula is C14H18N2O2S. The molecule has 1 aliphatic rings. The molecule has 1 aromatic heterocycles. The minimum atomic E-state index is 0.350. The van der Waals surface area contributed by atoms with Gasteiger partial charge >= 0.3 is 0 Å². The Bertz CT molecular complexity index is 510. The molecular weight excluding hydrogens is 260 g/mol. The molecule has 0 aliphatic carbocycles. The molecule has 0 N–H and O–H groups in total. The third kappa shape index (κ3) is 3.29. The molecule has 1 aliphatic heterocycles. The summed E-state index contributed by atoms with van der Waals surface area (Å²) in [6.07, 6.45) is 0.350. The van der Waals surface area contributed by atoms with E-state index in [4.69, 9.17) is 9.15 Å². The zero-order valence-corrected chi connectivity index (χ0v) is 11.9. The Hall–Kier alpha value is -1.04. The summed E-state index contributed by atoms with van der Waals surface area (Å²) in [7, 11) is 0. The summed E-state index contributed by atoms with van der Waals surface area (Å²) < 4.78 is 11.2. The van der Waals surface area contributed by atoms with Crippen molar-refractivity contribution in [3.8, 4) is 0 Å². The molecule has 0 radical (unpaired) electrons. The average molecular weight is 278 g/mol. The fourth-order valence-corrected chi connectivity index (χ4v) is 3.10. The predicted molar refractivity (Wildman–Crippen MR) is 76.6 cm³/mol. The Labute approximate surface area is 117 Å². The second-order valence-electron chi connectivity index (χ2n) is 4.78. The molecule has 19 heavy (non-hydrogen) atoms. The molecule has 2 aromatic rings. The number of oxazole rings is 1. The lowest BCUT2D eigenvalue weighted by molar-refractivity contribution is -0.0158. The Morgan fingerprint density at radius 3 is 3.16 bits per heavy atom. The van der Waals surface area contributed by atoms with Crippen LogP contribution in [0.1, 0.15) is 6.92 Å². The lowest BCUT2D eigenvalue weighted by atomic mass is 10.3. The molecule has 1 saturated heterocycles. The molecule has 1 atom stereocenters. The monoisotopic (exact) mass is 278 g/mol. The van der Waals surface area contributed by atoms with E-state index in [2.05, 4.69) is 16.8 Å². The van der Waals surface area contributed by atoms with Crippen LogP contribution in [-0.4, -0.2) is 48.0 Å². The molecule has 0 unspecified atom stereocenters. The van der Waals surface area contributed by atoms with Crippen LogP contribution in [0.25, 0.3) is 11.1 Å². The number of nitrogens with zero attached hydrogens (tertiary/aromatic N) is 2. The molecule has 0 amide bonds. The predicted octanol–water partition coefficient (Wildman–Crippen LogP) is 2.64. The minimum Gasteiger partial charge on any atom is -0.431 e. The fraction of sp³-hybridized carbons (Fsp3) is 0.500. The van der Waals surface area contributed by atoms with Gasteiger partial charge in [-0.05, 0) is 19.1 Å². The van der Waals surface area contributed by atoms with Crippen molar-refractivity contribution in [1.82, 2.24) is 9.88 Å². The van der Waals surface area contributed by atoms with Gasteiger partial charge in [-0.25, -0.2) is 4.98 Å². The van der Waals surface area contributed by atoms with Gasteiger partial charge in [-0.1, -0.05) is 23.9 Å². The summed E-state index contributed by atoms with van der Waals surface area (Å²) in [5.74, 6) is 1.000. The molecule has 5 heteroatoms. The van der Waals surface area contributed by atoms with Crippen molar-refractivity contribution in [2.45, 2.75) is 18.3 Å². The maximum absolute atomic E-state index is 5.69. The van der Waals surface area contributed by atoms with Gasteiger partial charge in [0.1, 0.15) is 5.52 Å². The lowest BCUT2D eigenvalue weighted by Crippen LogP contribution is -2.42. The van der Waals surface area contributed by atoms with Crippen LogP contribution >= 0.6 is 11.8 Å². The maximum Gasteiger partial charge on any atom is 0.256 e. The van der Waals surface area contributed by atoms with Gasteiger partial charge in [0.05, 0.1) is 12.7 Å². The molecule has 1 fully saturated rings. The zero-order valence-electron chi connectivity index (χ0n) is 11.0. The van der Waals surface area contributed by atoms with Crippen LogP contribution in [0.4, 0.5) is 0 Å². The molecule has 2 heterocycles. The smallest absolute Gasteiger partial charge is 0.256 e. The number of para-hydroxylation sites is 2. The van der Waals surface area contributed by atoms with Gasteiger partial charge in [0.15, 0.2) is 5.58 Å². The Kier molecular flexibility index (Phi) is 4.06. The molecule has 0 saturated carbocycles. The molecule has 1 aromatic carbocycles. The zero-order chi connectivity index (χ0) is 13.1. The number of aromatic nitrogens is 1. The van der Waals surface area contributed by atoms with Gasteiger partial charge < -0.3 is 9.15 Å². The number of hydrogen-bond acceptors (Lipinski definition) is 5. The van der Waals surface area contributed by atoms with Gasteiger partial charge in [0, 0.05) is 25.4 Å². The molecule has 4 nitrogen and oxygen atoms in total. The number of morpholine rings is 1. The molecule has 0 spiro atoms. The van der Waals surface area contributed by atoms with Crippen LogP contribution in [0.15, 0.2) is 33.9 Å². The van der Waals surface area contributed by atoms with Crippen LogP contribution in [0, 0.1) is 0 Å². The summed E-state index contributed by atoms with van der Waals surface area (Å²) in [6.45, 7) is 6.07. The standard InChI is InChI=1S/C14H18N2O2S/c1-11-10-16(6-8-17-11)7-9-19-14-15-12-4-2-3-5-13(12)18-14/h2-5,11H,6-10H2,1H3/t11-/m0/s1. The van der Waals surface area contributed by atoms with E-state index in [-0.39, 0.29) is 0 Å². The Morgan fingerprint density at radius 1 is 1.42 bits per heavy atom. The SMILES string of the molecule is C[C@H]1CN(CCSc2nc3ccccc3o2)CCO1. The van der Waals surface area contributed by atoms with Gasteiger partial charge in [0.25, 0.3) is 5.22 Å². The van der Waals surface area contributed by atoms with Crippen molar-refractivity contribution in [2.24, 2.45) is 0 Å². The largest absolute Gasteiger partial charge is 0.431 e. The van der Waals surface area contributed by atoms with E-state index in [0.717, 1.165) is 48.3 Å². The second kappa shape index (κ2) is 5.94. The highest BCUT2D eigenvalue weighted by atomic mass is 32.2. The van der Waals surface area contributed by atoms with E-state index in [9.17, 15) is 0 Å². The maximum atomic E-state index is 5.69. The van der Waals surface area contributed by atoms with Gasteiger partial charge in [-0.15, -0.1) is 0 Å². The van der Waals surface area contributed by atoms with E-state index in [1.807, 2.05) is 24.3 Å². The summed E-state index contributed by atoms with van der Waals surface area (Å²) in [6, 6.07) is 7.88. The van der Waals surface area contributed by atoms with Crippen molar-refractivity contribution < 1.29 is 9.15 Å².